The number of rotatable bonds is 3. The highest BCUT2D eigenvalue weighted by Crippen LogP contribution is 2.31. The summed E-state index contributed by atoms with van der Waals surface area (Å²) in [5, 5.41) is 19.2. The van der Waals surface area contributed by atoms with Crippen molar-refractivity contribution in [2.24, 2.45) is 0 Å². The van der Waals surface area contributed by atoms with Gasteiger partial charge in [-0.05, 0) is 24.6 Å². The largest absolute Gasteiger partial charge is 0.490 e. The number of carboxylic acid groups (broad SMARTS) is 2. The Kier molecular flexibility index (Phi) is 6.17. The number of fused-ring (bicyclic) bond motifs is 1. The summed E-state index contributed by atoms with van der Waals surface area (Å²) in [6, 6.07) is 7.23. The molecular weight excluding hydrogens is 383 g/mol. The van der Waals surface area contributed by atoms with Gasteiger partial charge in [0, 0.05) is 25.3 Å². The van der Waals surface area contributed by atoms with E-state index in [1.54, 1.807) is 17.0 Å². The van der Waals surface area contributed by atoms with Crippen LogP contribution in [0, 0.1) is 0 Å². The molecule has 2 fully saturated rings. The van der Waals surface area contributed by atoms with E-state index in [9.17, 15) is 22.8 Å². The zero-order valence-electron chi connectivity index (χ0n) is 15.0. The van der Waals surface area contributed by atoms with Gasteiger partial charge >= 0.3 is 24.1 Å². The first-order chi connectivity index (χ1) is 12.9. The number of carboxylic acids is 2. The van der Waals surface area contributed by atoms with Crippen molar-refractivity contribution < 1.29 is 37.8 Å². The summed E-state index contributed by atoms with van der Waals surface area (Å²) in [5.41, 5.74) is 1.39. The topological polar surface area (TPSA) is 110 Å². The summed E-state index contributed by atoms with van der Waals surface area (Å²) in [5.74, 6) is -3.61. The number of amides is 2. The summed E-state index contributed by atoms with van der Waals surface area (Å²) >= 11 is 0. The molecule has 28 heavy (non-hydrogen) atoms. The number of carbonyl (C=O) groups is 3. The van der Waals surface area contributed by atoms with Crippen molar-refractivity contribution in [2.45, 2.75) is 25.1 Å². The van der Waals surface area contributed by atoms with E-state index in [1.165, 1.54) is 0 Å². The van der Waals surface area contributed by atoms with E-state index < -0.39 is 18.1 Å². The van der Waals surface area contributed by atoms with Crippen LogP contribution in [0.1, 0.15) is 12.5 Å². The van der Waals surface area contributed by atoms with Crippen LogP contribution in [0.25, 0.3) is 0 Å². The number of nitrogens with zero attached hydrogens (tertiary/aromatic N) is 2. The van der Waals surface area contributed by atoms with Crippen molar-refractivity contribution in [3.8, 4) is 0 Å². The predicted molar refractivity (Wildman–Crippen MR) is 92.2 cm³/mol. The number of aliphatic carboxylic acids is 2. The van der Waals surface area contributed by atoms with Crippen molar-refractivity contribution in [1.29, 1.82) is 0 Å². The molecule has 0 aromatic heterocycles. The number of alkyl halides is 3. The van der Waals surface area contributed by atoms with E-state index in [4.69, 9.17) is 15.0 Å². The average Bonchev–Trinajstić information content (AvgIpc) is 2.86. The molecule has 2 aliphatic heterocycles. The molecule has 8 nitrogen and oxygen atoms in total. The van der Waals surface area contributed by atoms with Gasteiger partial charge in [-0.25, -0.2) is 9.59 Å². The lowest BCUT2D eigenvalue weighted by atomic mass is 9.99. The van der Waals surface area contributed by atoms with E-state index >= 15 is 0 Å². The molecule has 2 saturated heterocycles. The number of nitrogens with one attached hydrogen (secondary N) is 1. The molecule has 2 aliphatic rings. The fourth-order valence-electron chi connectivity index (χ4n) is 3.11. The van der Waals surface area contributed by atoms with Crippen LogP contribution in [0.3, 0.4) is 0 Å². The Hall–Kier alpha value is -2.82. The number of halogens is 3. The standard InChI is InChI=1S/C15H19N3O3.C2HF3O2/c1-15-9-16-6-7-18(15)14(21)17(10-15)12-4-2-11(3-5-12)8-13(19)20;3-2(4,5)1(6)7/h2-5,16H,6-10H2,1H3,(H,19,20);(H,6,7). The highest BCUT2D eigenvalue weighted by Gasteiger charge is 2.47. The molecule has 0 radical (unpaired) electrons. The van der Waals surface area contributed by atoms with Crippen molar-refractivity contribution >= 4 is 23.7 Å². The first kappa shape index (κ1) is 21.5. The quantitative estimate of drug-likeness (QED) is 0.707. The van der Waals surface area contributed by atoms with Crippen LogP contribution in [-0.4, -0.2) is 71.0 Å². The normalized spacial score (nSPS) is 21.6. The molecule has 1 aromatic rings. The maximum atomic E-state index is 12.5. The molecular formula is C17H20F3N3O5. The first-order valence-corrected chi connectivity index (χ1v) is 8.35. The van der Waals surface area contributed by atoms with Crippen molar-refractivity contribution in [3.63, 3.8) is 0 Å². The van der Waals surface area contributed by atoms with E-state index in [-0.39, 0.29) is 18.0 Å². The second kappa shape index (κ2) is 8.05. The van der Waals surface area contributed by atoms with Gasteiger partial charge in [-0.15, -0.1) is 0 Å². The van der Waals surface area contributed by atoms with Crippen LogP contribution in [-0.2, 0) is 16.0 Å². The first-order valence-electron chi connectivity index (χ1n) is 8.35. The molecule has 0 spiro atoms. The lowest BCUT2D eigenvalue weighted by Gasteiger charge is -2.38. The minimum atomic E-state index is -5.08. The summed E-state index contributed by atoms with van der Waals surface area (Å²) in [7, 11) is 0. The second-order valence-corrected chi connectivity index (χ2v) is 6.73. The van der Waals surface area contributed by atoms with Crippen molar-refractivity contribution in [3.05, 3.63) is 29.8 Å². The van der Waals surface area contributed by atoms with Gasteiger partial charge in [0.2, 0.25) is 0 Å². The molecule has 154 valence electrons. The average molecular weight is 403 g/mol. The second-order valence-electron chi connectivity index (χ2n) is 6.73. The molecule has 1 atom stereocenters. The summed E-state index contributed by atoms with van der Waals surface area (Å²) < 4.78 is 31.7. The smallest absolute Gasteiger partial charge is 0.481 e. The summed E-state index contributed by atoms with van der Waals surface area (Å²) in [4.78, 5) is 35.8. The molecule has 0 aliphatic carbocycles. The Morgan fingerprint density at radius 3 is 2.25 bits per heavy atom. The van der Waals surface area contributed by atoms with Crippen LogP contribution >= 0.6 is 0 Å². The van der Waals surface area contributed by atoms with E-state index in [0.717, 1.165) is 30.9 Å². The Morgan fingerprint density at radius 2 is 1.79 bits per heavy atom. The number of anilines is 1. The molecule has 3 rings (SSSR count). The van der Waals surface area contributed by atoms with Crippen molar-refractivity contribution in [2.75, 3.05) is 31.1 Å². The molecule has 2 amide bonds. The molecule has 0 bridgehead atoms. The van der Waals surface area contributed by atoms with Crippen LogP contribution in [0.2, 0.25) is 0 Å². The fourth-order valence-corrected chi connectivity index (χ4v) is 3.11. The van der Waals surface area contributed by atoms with E-state index in [0.29, 0.717) is 6.54 Å². The lowest BCUT2D eigenvalue weighted by molar-refractivity contribution is -0.192. The van der Waals surface area contributed by atoms with Crippen LogP contribution in [0.4, 0.5) is 23.7 Å². The fraction of sp³-hybridized carbons (Fsp3) is 0.471. The Labute approximate surface area is 158 Å². The zero-order chi connectivity index (χ0) is 21.1. The van der Waals surface area contributed by atoms with Crippen molar-refractivity contribution in [1.82, 2.24) is 10.2 Å². The number of benzene rings is 1. The van der Waals surface area contributed by atoms with Gasteiger partial charge in [-0.3, -0.25) is 9.69 Å². The Bertz CT molecular complexity index is 753. The number of hydrogen-bond acceptors (Lipinski definition) is 4. The molecule has 0 saturated carbocycles. The van der Waals surface area contributed by atoms with Gasteiger partial charge < -0.3 is 20.4 Å². The minimum absolute atomic E-state index is 0.00197. The molecule has 1 unspecified atom stereocenters. The van der Waals surface area contributed by atoms with Gasteiger partial charge in [0.25, 0.3) is 0 Å². The van der Waals surface area contributed by atoms with Gasteiger partial charge in [0.05, 0.1) is 18.5 Å². The van der Waals surface area contributed by atoms with Crippen LogP contribution in [0.15, 0.2) is 24.3 Å². The molecule has 1 aromatic carbocycles. The van der Waals surface area contributed by atoms with Gasteiger partial charge in [0.1, 0.15) is 0 Å². The SMILES string of the molecule is CC12CNCCN1C(=O)N(c1ccc(CC(=O)O)cc1)C2.O=C(O)C(F)(F)F. The molecule has 11 heteroatoms. The third-order valence-electron chi connectivity index (χ3n) is 4.48. The zero-order valence-corrected chi connectivity index (χ0v) is 15.0. The third-order valence-corrected chi connectivity index (χ3v) is 4.48. The number of urea groups is 1. The highest BCUT2D eigenvalue weighted by molar-refractivity contribution is 5.95. The lowest BCUT2D eigenvalue weighted by Crippen LogP contribution is -2.58. The van der Waals surface area contributed by atoms with Gasteiger partial charge in [-0.1, -0.05) is 12.1 Å². The molecule has 2 heterocycles. The van der Waals surface area contributed by atoms with Gasteiger partial charge in [-0.2, -0.15) is 13.2 Å². The maximum absolute atomic E-state index is 12.5. The number of piperazine rings is 1. The molecule has 3 N–H and O–H groups in total. The Morgan fingerprint density at radius 1 is 1.21 bits per heavy atom. The van der Waals surface area contributed by atoms with E-state index in [1.807, 2.05) is 17.0 Å². The predicted octanol–water partition coefficient (Wildman–Crippen LogP) is 1.55. The monoisotopic (exact) mass is 403 g/mol. The third kappa shape index (κ3) is 4.91. The van der Waals surface area contributed by atoms with Gasteiger partial charge in [0.15, 0.2) is 0 Å². The number of carbonyl (C=O) groups excluding carboxylic acids is 1. The summed E-state index contributed by atoms with van der Waals surface area (Å²) in [6.07, 6.45) is -5.08. The summed E-state index contributed by atoms with van der Waals surface area (Å²) in [6.45, 7) is 5.09. The highest BCUT2D eigenvalue weighted by atomic mass is 19.4. The number of hydrogen-bond donors (Lipinski definition) is 3. The maximum Gasteiger partial charge on any atom is 0.490 e. The van der Waals surface area contributed by atoms with Crippen LogP contribution < -0.4 is 10.2 Å². The van der Waals surface area contributed by atoms with Crippen LogP contribution in [0.5, 0.6) is 0 Å². The minimum Gasteiger partial charge on any atom is -0.481 e. The van der Waals surface area contributed by atoms with E-state index in [2.05, 4.69) is 12.2 Å². The Balaban J connectivity index is 0.000000345.